The number of nitrogens with one attached hydrogen (secondary N) is 1. The van der Waals surface area contributed by atoms with E-state index in [9.17, 15) is 4.79 Å². The molecule has 1 heterocycles. The van der Waals surface area contributed by atoms with Crippen molar-refractivity contribution < 1.29 is 14.3 Å². The second kappa shape index (κ2) is 6.65. The molecule has 5 nitrogen and oxygen atoms in total. The fourth-order valence-electron chi connectivity index (χ4n) is 2.47. The number of anilines is 1. The third-order valence-corrected chi connectivity index (χ3v) is 3.79. The molecule has 1 aliphatic rings. The lowest BCUT2D eigenvalue weighted by molar-refractivity contribution is -0.110. The van der Waals surface area contributed by atoms with Gasteiger partial charge in [0.2, 0.25) is 0 Å². The van der Waals surface area contributed by atoms with Gasteiger partial charge in [-0.15, -0.1) is 0 Å². The summed E-state index contributed by atoms with van der Waals surface area (Å²) in [4.78, 5) is 12.2. The van der Waals surface area contributed by atoms with Crippen molar-refractivity contribution in [1.29, 1.82) is 5.26 Å². The summed E-state index contributed by atoms with van der Waals surface area (Å²) in [5.74, 6) is 0.779. The van der Waals surface area contributed by atoms with Crippen molar-refractivity contribution in [3.8, 4) is 17.6 Å². The second-order valence-electron chi connectivity index (χ2n) is 5.06. The van der Waals surface area contributed by atoms with Crippen LogP contribution < -0.4 is 14.8 Å². The maximum Gasteiger partial charge on any atom is 0.256 e. The van der Waals surface area contributed by atoms with Crippen molar-refractivity contribution in [3.63, 3.8) is 0 Å². The first-order chi connectivity index (χ1) is 11.6. The third kappa shape index (κ3) is 3.05. The number of methoxy groups -OCH3 is 1. The maximum absolute atomic E-state index is 12.2. The Kier molecular flexibility index (Phi) is 4.41. The molecular formula is C18H13ClN2O3. The largest absolute Gasteiger partial charge is 0.493 e. The summed E-state index contributed by atoms with van der Waals surface area (Å²) in [6, 6.07) is 12.4. The molecule has 24 heavy (non-hydrogen) atoms. The molecule has 0 radical (unpaired) electrons. The Morgan fingerprint density at radius 3 is 2.83 bits per heavy atom. The van der Waals surface area contributed by atoms with E-state index in [0.717, 1.165) is 16.8 Å². The number of benzene rings is 2. The highest BCUT2D eigenvalue weighted by Crippen LogP contribution is 2.36. The van der Waals surface area contributed by atoms with E-state index in [1.165, 1.54) is 7.11 Å². The lowest BCUT2D eigenvalue weighted by Gasteiger charge is -2.09. The van der Waals surface area contributed by atoms with Crippen molar-refractivity contribution in [2.24, 2.45) is 0 Å². The zero-order valence-corrected chi connectivity index (χ0v) is 13.6. The van der Waals surface area contributed by atoms with Gasteiger partial charge < -0.3 is 14.8 Å². The average molecular weight is 341 g/mol. The number of rotatable bonds is 4. The van der Waals surface area contributed by atoms with Gasteiger partial charge >= 0.3 is 0 Å². The van der Waals surface area contributed by atoms with Gasteiger partial charge in [0.25, 0.3) is 5.91 Å². The molecule has 6 heteroatoms. The molecular weight excluding hydrogens is 328 g/mol. The summed E-state index contributed by atoms with van der Waals surface area (Å²) in [6.07, 6.45) is 1.76. The van der Waals surface area contributed by atoms with Crippen LogP contribution in [0, 0.1) is 11.3 Å². The number of amides is 1. The predicted octanol–water partition coefficient (Wildman–Crippen LogP) is 3.74. The molecule has 0 saturated heterocycles. The first kappa shape index (κ1) is 15.9. The summed E-state index contributed by atoms with van der Waals surface area (Å²) in [6.45, 7) is -0.0644. The van der Waals surface area contributed by atoms with Gasteiger partial charge in [0.1, 0.15) is 6.07 Å². The lowest BCUT2D eigenvalue weighted by Crippen LogP contribution is -2.03. The fraction of sp³-hybridized carbons (Fsp3) is 0.111. The van der Waals surface area contributed by atoms with Gasteiger partial charge in [0.05, 0.1) is 7.11 Å². The monoisotopic (exact) mass is 340 g/mol. The van der Waals surface area contributed by atoms with Crippen LogP contribution in [0.25, 0.3) is 11.6 Å². The van der Waals surface area contributed by atoms with E-state index in [4.69, 9.17) is 26.3 Å². The van der Waals surface area contributed by atoms with E-state index in [1.807, 2.05) is 6.07 Å². The van der Waals surface area contributed by atoms with E-state index in [1.54, 1.807) is 42.5 Å². The molecule has 2 aromatic rings. The van der Waals surface area contributed by atoms with Crippen LogP contribution >= 0.6 is 11.6 Å². The molecule has 1 aliphatic heterocycles. The zero-order chi connectivity index (χ0) is 17.1. The Balaban J connectivity index is 1.99. The summed E-state index contributed by atoms with van der Waals surface area (Å²) >= 11 is 6.03. The van der Waals surface area contributed by atoms with Crippen LogP contribution in [-0.2, 0) is 4.79 Å². The Hall–Kier alpha value is -2.97. The molecule has 3 rings (SSSR count). The van der Waals surface area contributed by atoms with Crippen molar-refractivity contribution in [2.75, 3.05) is 19.0 Å². The topological polar surface area (TPSA) is 71.3 Å². The third-order valence-electron chi connectivity index (χ3n) is 3.56. The van der Waals surface area contributed by atoms with E-state index >= 15 is 0 Å². The molecule has 0 fully saturated rings. The second-order valence-corrected chi connectivity index (χ2v) is 5.50. The van der Waals surface area contributed by atoms with Crippen LogP contribution in [0.4, 0.5) is 5.69 Å². The Morgan fingerprint density at radius 2 is 2.08 bits per heavy atom. The van der Waals surface area contributed by atoms with E-state index in [0.29, 0.717) is 22.1 Å². The average Bonchev–Trinajstić information content (AvgIpc) is 2.88. The predicted molar refractivity (Wildman–Crippen MR) is 92.1 cm³/mol. The minimum atomic E-state index is -0.184. The minimum Gasteiger partial charge on any atom is -0.493 e. The molecule has 0 spiro atoms. The summed E-state index contributed by atoms with van der Waals surface area (Å²) in [5.41, 5.74) is 2.79. The van der Waals surface area contributed by atoms with Gasteiger partial charge in [-0.2, -0.15) is 5.26 Å². The lowest BCUT2D eigenvalue weighted by atomic mass is 10.0. The van der Waals surface area contributed by atoms with Gasteiger partial charge in [-0.1, -0.05) is 17.7 Å². The molecule has 120 valence electrons. The number of hydrogen-bond acceptors (Lipinski definition) is 4. The maximum atomic E-state index is 12.2. The first-order valence-electron chi connectivity index (χ1n) is 7.13. The van der Waals surface area contributed by atoms with E-state index < -0.39 is 0 Å². The summed E-state index contributed by atoms with van der Waals surface area (Å²) < 4.78 is 10.6. The van der Waals surface area contributed by atoms with Crippen LogP contribution in [0.15, 0.2) is 36.4 Å². The molecule has 1 N–H and O–H groups in total. The fourth-order valence-corrected chi connectivity index (χ4v) is 2.65. The number of fused-ring (bicyclic) bond motifs is 1. The number of hydrogen-bond donors (Lipinski definition) is 1. The van der Waals surface area contributed by atoms with Crippen LogP contribution in [0.2, 0.25) is 5.02 Å². The SMILES string of the molecule is COc1cc(/C=C2\C(=O)Nc3ccc(Cl)cc32)ccc1OCC#N. The number of nitriles is 1. The van der Waals surface area contributed by atoms with Crippen molar-refractivity contribution in [1.82, 2.24) is 0 Å². The molecule has 0 aliphatic carbocycles. The van der Waals surface area contributed by atoms with Crippen molar-refractivity contribution in [3.05, 3.63) is 52.5 Å². The number of carbonyl (C=O) groups excluding carboxylic acids is 1. The normalized spacial score (nSPS) is 14.0. The molecule has 2 aromatic carbocycles. The zero-order valence-electron chi connectivity index (χ0n) is 12.8. The van der Waals surface area contributed by atoms with Crippen LogP contribution in [0.5, 0.6) is 11.5 Å². The quantitative estimate of drug-likeness (QED) is 0.860. The van der Waals surface area contributed by atoms with Gasteiger partial charge in [0, 0.05) is 21.8 Å². The molecule has 0 atom stereocenters. The molecule has 0 unspecified atom stereocenters. The summed E-state index contributed by atoms with van der Waals surface area (Å²) in [5, 5.41) is 12.0. The van der Waals surface area contributed by atoms with Gasteiger partial charge in [0.15, 0.2) is 18.1 Å². The molecule has 0 saturated carbocycles. The minimum absolute atomic E-state index is 0.0644. The van der Waals surface area contributed by atoms with Crippen molar-refractivity contribution >= 4 is 34.8 Å². The van der Waals surface area contributed by atoms with E-state index in [2.05, 4.69) is 5.32 Å². The van der Waals surface area contributed by atoms with E-state index in [-0.39, 0.29) is 12.5 Å². The first-order valence-corrected chi connectivity index (χ1v) is 7.51. The highest BCUT2D eigenvalue weighted by Gasteiger charge is 2.24. The number of carbonyl (C=O) groups is 1. The summed E-state index contributed by atoms with van der Waals surface area (Å²) in [7, 11) is 1.52. The number of nitrogens with zero attached hydrogens (tertiary/aromatic N) is 1. The van der Waals surface area contributed by atoms with Gasteiger partial charge in [-0.05, 0) is 42.0 Å². The molecule has 1 amide bonds. The highest BCUT2D eigenvalue weighted by molar-refractivity contribution is 6.36. The van der Waals surface area contributed by atoms with Crippen LogP contribution in [0.3, 0.4) is 0 Å². The van der Waals surface area contributed by atoms with Crippen LogP contribution in [-0.4, -0.2) is 19.6 Å². The Labute approximate surface area is 144 Å². The Morgan fingerprint density at radius 1 is 1.25 bits per heavy atom. The number of ether oxygens (including phenoxy) is 2. The smallest absolute Gasteiger partial charge is 0.256 e. The Bertz CT molecular complexity index is 884. The van der Waals surface area contributed by atoms with Gasteiger partial charge in [-0.25, -0.2) is 0 Å². The van der Waals surface area contributed by atoms with Gasteiger partial charge in [-0.3, -0.25) is 4.79 Å². The van der Waals surface area contributed by atoms with Crippen molar-refractivity contribution in [2.45, 2.75) is 0 Å². The number of halogens is 1. The highest BCUT2D eigenvalue weighted by atomic mass is 35.5. The standard InChI is InChI=1S/C18H13ClN2O3/c1-23-17-9-11(2-5-16(17)24-7-6-20)8-14-13-10-12(19)3-4-15(13)21-18(14)22/h2-5,8-10H,7H2,1H3,(H,21,22)/b14-8-. The molecule has 0 aromatic heterocycles. The van der Waals surface area contributed by atoms with Crippen LogP contribution in [0.1, 0.15) is 11.1 Å². The molecule has 0 bridgehead atoms.